The van der Waals surface area contributed by atoms with Crippen LogP contribution < -0.4 is 27.0 Å². The molecule has 2 aliphatic rings. The molecule has 53 heavy (non-hydrogen) atoms. The zero-order chi connectivity index (χ0) is 40.4. The number of urea groups is 1. The average Bonchev–Trinajstić information content (AvgIpc) is 3.32. The van der Waals surface area contributed by atoms with Gasteiger partial charge in [-0.3, -0.25) is 19.2 Å². The number of nitrogens with zero attached hydrogens (tertiary/aromatic N) is 2. The average molecular weight is 770 g/mol. The van der Waals surface area contributed by atoms with E-state index < -0.39 is 87.5 Å². The van der Waals surface area contributed by atoms with Gasteiger partial charge in [-0.05, 0) is 52.2 Å². The van der Waals surface area contributed by atoms with Gasteiger partial charge in [0.05, 0.1) is 6.26 Å². The maximum Gasteiger partial charge on any atom is 0.315 e. The van der Waals surface area contributed by atoms with Crippen molar-refractivity contribution in [1.29, 1.82) is 0 Å². The Kier molecular flexibility index (Phi) is 13.3. The summed E-state index contributed by atoms with van der Waals surface area (Å²) in [5, 5.41) is 10.7. The highest BCUT2D eigenvalue weighted by molar-refractivity contribution is 7.88. The van der Waals surface area contributed by atoms with E-state index in [4.69, 9.17) is 5.73 Å². The number of fused-ring (bicyclic) bond motifs is 1. The third kappa shape index (κ3) is 11.1. The van der Waals surface area contributed by atoms with Gasteiger partial charge in [-0.25, -0.2) is 26.3 Å². The van der Waals surface area contributed by atoms with Crippen LogP contribution in [0.4, 0.5) is 13.6 Å². The summed E-state index contributed by atoms with van der Waals surface area (Å²) in [4.78, 5) is 67.6. The van der Waals surface area contributed by atoms with Crippen LogP contribution in [0.1, 0.15) is 77.7 Å². The van der Waals surface area contributed by atoms with E-state index in [9.17, 15) is 41.2 Å². The van der Waals surface area contributed by atoms with Gasteiger partial charge in [0, 0.05) is 44.7 Å². The number of halogens is 2. The van der Waals surface area contributed by atoms with Gasteiger partial charge < -0.3 is 31.9 Å². The number of hydrogen-bond acceptors (Lipinski definition) is 7. The van der Waals surface area contributed by atoms with Crippen molar-refractivity contribution in [1.82, 2.24) is 30.5 Å². The molecule has 6 amide bonds. The van der Waals surface area contributed by atoms with E-state index in [1.165, 1.54) is 24.1 Å². The lowest BCUT2D eigenvalue weighted by atomic mass is 9.85. The van der Waals surface area contributed by atoms with Crippen molar-refractivity contribution in [3.05, 3.63) is 35.4 Å². The third-order valence-corrected chi connectivity index (χ3v) is 11.8. The predicted molar refractivity (Wildman–Crippen MR) is 196 cm³/mol. The van der Waals surface area contributed by atoms with E-state index in [1.54, 1.807) is 32.9 Å². The van der Waals surface area contributed by atoms with Gasteiger partial charge >= 0.3 is 6.03 Å². The number of likely N-dealkylation sites (tertiary alicyclic amines) is 1. The van der Waals surface area contributed by atoms with Crippen molar-refractivity contribution in [2.75, 3.05) is 32.9 Å². The highest BCUT2D eigenvalue weighted by atomic mass is 32.2. The molecule has 0 bridgehead atoms. The Hall–Kier alpha value is -3.86. The highest BCUT2D eigenvalue weighted by Gasteiger charge is 2.70. The Labute approximate surface area is 311 Å². The van der Waals surface area contributed by atoms with Gasteiger partial charge in [-0.1, -0.05) is 67.5 Å². The van der Waals surface area contributed by atoms with Crippen LogP contribution in [-0.2, 0) is 30.8 Å². The summed E-state index contributed by atoms with van der Waals surface area (Å²) in [6.45, 7) is 14.9. The van der Waals surface area contributed by atoms with Crippen LogP contribution in [0, 0.1) is 28.1 Å². The molecule has 4 unspecified atom stereocenters. The van der Waals surface area contributed by atoms with Gasteiger partial charge in [0.15, 0.2) is 0 Å². The molecule has 17 heteroatoms. The molecule has 1 aromatic rings. The van der Waals surface area contributed by atoms with Gasteiger partial charge in [0.1, 0.15) is 18.1 Å². The fourth-order valence-electron chi connectivity index (χ4n) is 6.84. The number of primary amides is 1. The number of alkyl halides is 2. The summed E-state index contributed by atoms with van der Waals surface area (Å²) in [6.07, 6.45) is -2.48. The molecule has 0 aromatic heterocycles. The number of nitrogens with two attached hydrogens (primary N) is 1. The van der Waals surface area contributed by atoms with Crippen LogP contribution in [0.5, 0.6) is 0 Å². The maximum absolute atomic E-state index is 14.3. The zero-order valence-electron chi connectivity index (χ0n) is 32.4. The summed E-state index contributed by atoms with van der Waals surface area (Å²) in [7, 11) is -2.14. The fourth-order valence-corrected chi connectivity index (χ4v) is 7.26. The smallest absolute Gasteiger partial charge is 0.315 e. The molecule has 298 valence electrons. The Morgan fingerprint density at radius 1 is 0.981 bits per heavy atom. The number of nitrogens with one attached hydrogen (secondary N) is 4. The van der Waals surface area contributed by atoms with Crippen molar-refractivity contribution in [3.63, 3.8) is 0 Å². The first-order valence-electron chi connectivity index (χ1n) is 17.7. The minimum Gasteiger partial charge on any atom is -0.366 e. The van der Waals surface area contributed by atoms with Crippen molar-refractivity contribution in [3.8, 4) is 0 Å². The lowest BCUT2D eigenvalue weighted by Crippen LogP contribution is -2.62. The molecule has 6 N–H and O–H groups in total. The summed E-state index contributed by atoms with van der Waals surface area (Å²) < 4.78 is 52.8. The molecule has 0 radical (unpaired) electrons. The van der Waals surface area contributed by atoms with Crippen molar-refractivity contribution < 1.29 is 41.2 Å². The third-order valence-electron chi connectivity index (χ3n) is 10.5. The van der Waals surface area contributed by atoms with Crippen LogP contribution in [0.3, 0.4) is 0 Å². The van der Waals surface area contributed by atoms with Crippen LogP contribution in [0.15, 0.2) is 24.3 Å². The Balaban J connectivity index is 1.78. The summed E-state index contributed by atoms with van der Waals surface area (Å²) in [5.74, 6) is -3.07. The van der Waals surface area contributed by atoms with E-state index in [0.717, 1.165) is 16.1 Å². The van der Waals surface area contributed by atoms with Crippen LogP contribution in [0.2, 0.25) is 0 Å². The number of likely N-dealkylation sites (N-methyl/N-ethyl adjacent to an activating group) is 1. The van der Waals surface area contributed by atoms with Gasteiger partial charge in [-0.2, -0.15) is 0 Å². The van der Waals surface area contributed by atoms with E-state index in [1.807, 2.05) is 34.6 Å². The fraction of sp³-hybridized carbons (Fsp3) is 0.694. The number of carbonyl (C=O) groups excluding carboxylic acids is 5. The molecule has 3 rings (SSSR count). The first-order valence-corrected chi connectivity index (χ1v) is 19.5. The first kappa shape index (κ1) is 43.5. The second kappa shape index (κ2) is 16.2. The second-order valence-electron chi connectivity index (χ2n) is 17.1. The van der Waals surface area contributed by atoms with Gasteiger partial charge in [0.25, 0.3) is 0 Å². The summed E-state index contributed by atoms with van der Waals surface area (Å²) in [5.41, 5.74) is 4.59. The Morgan fingerprint density at radius 2 is 1.57 bits per heavy atom. The molecule has 14 nitrogen and oxygen atoms in total. The Bertz CT molecular complexity index is 1640. The number of carbonyl (C=O) groups is 5. The van der Waals surface area contributed by atoms with E-state index in [-0.39, 0.29) is 36.9 Å². The zero-order valence-corrected chi connectivity index (χ0v) is 33.2. The van der Waals surface area contributed by atoms with Crippen LogP contribution in [0.25, 0.3) is 0 Å². The molecular formula is C36H57F2N7O7S. The molecule has 6 atom stereocenters. The van der Waals surface area contributed by atoms with Crippen molar-refractivity contribution in [2.45, 2.75) is 98.8 Å². The molecular weight excluding hydrogens is 713 g/mol. The first-order chi connectivity index (χ1) is 24.2. The Morgan fingerprint density at radius 3 is 2.06 bits per heavy atom. The molecule has 1 aromatic carbocycles. The van der Waals surface area contributed by atoms with Crippen molar-refractivity contribution >= 4 is 39.7 Å². The normalized spacial score (nSPS) is 21.3. The number of hydrogen-bond donors (Lipinski definition) is 5. The lowest BCUT2D eigenvalue weighted by Gasteiger charge is -2.39. The lowest BCUT2D eigenvalue weighted by molar-refractivity contribution is -0.144. The van der Waals surface area contributed by atoms with Crippen molar-refractivity contribution in [2.24, 2.45) is 33.8 Å². The van der Waals surface area contributed by atoms with E-state index in [0.29, 0.717) is 12.0 Å². The SMILES string of the molecule is CN(C[C@@H](NC(=O)N[C@H](C(=O)N1CC2C(C1C(=O)NC(CC(F)F)C(=O)NCCc1ccc(C(N)=O)cc1)C2(C)C)C(C)(C)C)C(C)(C)C)S(C)(=O)=O. The molecule has 2 fully saturated rings. The van der Waals surface area contributed by atoms with Gasteiger partial charge in [0.2, 0.25) is 40.1 Å². The molecule has 1 heterocycles. The molecule has 1 aliphatic carbocycles. The monoisotopic (exact) mass is 769 g/mol. The van der Waals surface area contributed by atoms with Crippen LogP contribution >= 0.6 is 0 Å². The van der Waals surface area contributed by atoms with E-state index >= 15 is 0 Å². The standard InChI is InChI=1S/C36H57F2N7O7S/c1-34(2,3)24(19-44(9)53(10,51)52)42-33(50)43-28(35(4,5)6)32(49)45-18-22-26(36(22,7)8)27(45)31(48)41-23(17-25(37)38)30(47)40-16-15-20-11-13-21(14-12-20)29(39)46/h11-14,22-28H,15-19H2,1-10H3,(H2,39,46)(H,40,47)(H,41,48)(H2,42,43,50)/t22?,23?,24-,26?,27?,28-/m1/s1. The number of rotatable bonds is 15. The summed E-state index contributed by atoms with van der Waals surface area (Å²) >= 11 is 0. The molecule has 1 saturated carbocycles. The number of piperidine rings is 1. The minimum atomic E-state index is -3.55. The second-order valence-corrected chi connectivity index (χ2v) is 19.1. The molecule has 1 aliphatic heterocycles. The quantitative estimate of drug-likeness (QED) is 0.180. The predicted octanol–water partition coefficient (Wildman–Crippen LogP) is 2.09. The number of benzene rings is 1. The molecule has 1 saturated heterocycles. The topological polar surface area (TPSA) is 200 Å². The van der Waals surface area contributed by atoms with E-state index in [2.05, 4.69) is 21.3 Å². The summed E-state index contributed by atoms with van der Waals surface area (Å²) in [6, 6.07) is 1.25. The highest BCUT2D eigenvalue weighted by Crippen LogP contribution is 2.65. The largest absolute Gasteiger partial charge is 0.366 e. The maximum atomic E-state index is 14.3. The van der Waals surface area contributed by atoms with Gasteiger partial charge in [-0.15, -0.1) is 0 Å². The number of sulfonamides is 1. The van der Waals surface area contributed by atoms with Crippen LogP contribution in [-0.4, -0.2) is 111 Å². The number of amides is 6. The molecule has 0 spiro atoms. The minimum absolute atomic E-state index is 0.0197.